The van der Waals surface area contributed by atoms with Crippen LogP contribution < -0.4 is 0 Å². The van der Waals surface area contributed by atoms with Crippen molar-refractivity contribution in [3.8, 4) is 0 Å². The van der Waals surface area contributed by atoms with Crippen molar-refractivity contribution >= 4 is 11.9 Å². The number of benzene rings is 1. The molecule has 2 aliphatic heterocycles. The summed E-state index contributed by atoms with van der Waals surface area (Å²) in [5.74, 6) is -1.23. The van der Waals surface area contributed by atoms with Gasteiger partial charge in [0.05, 0.1) is 32.3 Å². The standard InChI is InChI=1S/C16H19NO5/c18-15(17-6-8-21-10-13(17)16(19)20)9-14-12-4-2-1-3-11(12)5-7-22-14/h1-4,13-14H,5-10H2,(H,19,20)/t13-,14-/m0/s1. The van der Waals surface area contributed by atoms with Gasteiger partial charge in [-0.1, -0.05) is 24.3 Å². The molecule has 0 unspecified atom stereocenters. The smallest absolute Gasteiger partial charge is 0.328 e. The highest BCUT2D eigenvalue weighted by atomic mass is 16.5. The molecular weight excluding hydrogens is 286 g/mol. The Morgan fingerprint density at radius 1 is 1.27 bits per heavy atom. The largest absolute Gasteiger partial charge is 0.480 e. The van der Waals surface area contributed by atoms with E-state index in [9.17, 15) is 14.7 Å². The van der Waals surface area contributed by atoms with E-state index in [2.05, 4.69) is 0 Å². The number of morpholine rings is 1. The third-order valence-corrected chi connectivity index (χ3v) is 4.19. The van der Waals surface area contributed by atoms with Crippen LogP contribution in [0, 0.1) is 0 Å². The minimum Gasteiger partial charge on any atom is -0.480 e. The summed E-state index contributed by atoms with van der Waals surface area (Å²) in [5, 5.41) is 9.22. The van der Waals surface area contributed by atoms with E-state index in [1.165, 1.54) is 10.5 Å². The normalized spacial score (nSPS) is 24.6. The molecule has 0 bridgehead atoms. The number of carbonyl (C=O) groups excluding carboxylic acids is 1. The van der Waals surface area contributed by atoms with Crippen LogP contribution in [0.15, 0.2) is 24.3 Å². The second-order valence-corrected chi connectivity index (χ2v) is 5.53. The van der Waals surface area contributed by atoms with Gasteiger partial charge in [0, 0.05) is 6.54 Å². The van der Waals surface area contributed by atoms with Crippen LogP contribution in [0.3, 0.4) is 0 Å². The second-order valence-electron chi connectivity index (χ2n) is 5.53. The van der Waals surface area contributed by atoms with E-state index in [0.29, 0.717) is 19.8 Å². The number of aliphatic carboxylic acids is 1. The molecule has 2 atom stereocenters. The van der Waals surface area contributed by atoms with E-state index < -0.39 is 12.0 Å². The predicted octanol–water partition coefficient (Wildman–Crippen LogP) is 1.00. The van der Waals surface area contributed by atoms with E-state index in [1.807, 2.05) is 24.3 Å². The van der Waals surface area contributed by atoms with Crippen LogP contribution in [-0.2, 0) is 25.5 Å². The quantitative estimate of drug-likeness (QED) is 0.901. The van der Waals surface area contributed by atoms with Crippen molar-refractivity contribution in [2.45, 2.75) is 25.0 Å². The van der Waals surface area contributed by atoms with Gasteiger partial charge in [-0.3, -0.25) is 4.79 Å². The maximum absolute atomic E-state index is 12.5. The summed E-state index contributed by atoms with van der Waals surface area (Å²) in [6.07, 6.45) is 0.714. The number of rotatable bonds is 3. The molecule has 2 heterocycles. The Morgan fingerprint density at radius 3 is 2.91 bits per heavy atom. The van der Waals surface area contributed by atoms with Crippen molar-refractivity contribution in [3.05, 3.63) is 35.4 Å². The van der Waals surface area contributed by atoms with Gasteiger partial charge in [0.2, 0.25) is 5.91 Å². The maximum Gasteiger partial charge on any atom is 0.328 e. The third-order valence-electron chi connectivity index (χ3n) is 4.19. The first-order valence-corrected chi connectivity index (χ1v) is 7.46. The number of carboxylic acid groups (broad SMARTS) is 1. The van der Waals surface area contributed by atoms with E-state index in [0.717, 1.165) is 12.0 Å². The number of ether oxygens (including phenoxy) is 2. The molecule has 0 aliphatic carbocycles. The molecule has 1 aromatic carbocycles. The molecule has 1 amide bonds. The maximum atomic E-state index is 12.5. The minimum absolute atomic E-state index is 0.0448. The number of carboxylic acids is 1. The summed E-state index contributed by atoms with van der Waals surface area (Å²) in [4.78, 5) is 25.2. The molecule has 0 spiro atoms. The summed E-state index contributed by atoms with van der Waals surface area (Å²) in [7, 11) is 0. The minimum atomic E-state index is -1.03. The van der Waals surface area contributed by atoms with Crippen molar-refractivity contribution < 1.29 is 24.2 Å². The number of hydrogen-bond acceptors (Lipinski definition) is 4. The third kappa shape index (κ3) is 2.98. The van der Waals surface area contributed by atoms with Crippen molar-refractivity contribution in [3.63, 3.8) is 0 Å². The molecule has 2 aliphatic rings. The second kappa shape index (κ2) is 6.46. The van der Waals surface area contributed by atoms with E-state index in [-0.39, 0.29) is 25.0 Å². The Labute approximate surface area is 128 Å². The molecule has 0 saturated carbocycles. The van der Waals surface area contributed by atoms with Gasteiger partial charge in [-0.15, -0.1) is 0 Å². The average Bonchev–Trinajstić information content (AvgIpc) is 2.55. The van der Waals surface area contributed by atoms with Crippen molar-refractivity contribution in [1.29, 1.82) is 0 Å². The fraction of sp³-hybridized carbons (Fsp3) is 0.500. The molecule has 0 radical (unpaired) electrons. The average molecular weight is 305 g/mol. The van der Waals surface area contributed by atoms with E-state index in [4.69, 9.17) is 9.47 Å². The highest BCUT2D eigenvalue weighted by Crippen LogP contribution is 2.30. The van der Waals surface area contributed by atoms with Gasteiger partial charge in [0.15, 0.2) is 6.04 Å². The lowest BCUT2D eigenvalue weighted by molar-refractivity contribution is -0.159. The van der Waals surface area contributed by atoms with Crippen molar-refractivity contribution in [2.75, 3.05) is 26.4 Å². The molecule has 1 aromatic rings. The van der Waals surface area contributed by atoms with Gasteiger partial charge < -0.3 is 19.5 Å². The Morgan fingerprint density at radius 2 is 2.09 bits per heavy atom. The summed E-state index contributed by atoms with van der Waals surface area (Å²) < 4.78 is 10.9. The molecular formula is C16H19NO5. The zero-order valence-electron chi connectivity index (χ0n) is 12.2. The van der Waals surface area contributed by atoms with Crippen LogP contribution in [0.5, 0.6) is 0 Å². The van der Waals surface area contributed by atoms with Gasteiger partial charge in [0.25, 0.3) is 0 Å². The lowest BCUT2D eigenvalue weighted by Crippen LogP contribution is -2.52. The summed E-state index contributed by atoms with van der Waals surface area (Å²) >= 11 is 0. The molecule has 6 heteroatoms. The van der Waals surface area contributed by atoms with Crippen LogP contribution in [-0.4, -0.2) is 54.3 Å². The van der Waals surface area contributed by atoms with Gasteiger partial charge in [-0.05, 0) is 17.5 Å². The van der Waals surface area contributed by atoms with Gasteiger partial charge in [-0.25, -0.2) is 4.79 Å². The van der Waals surface area contributed by atoms with Crippen LogP contribution in [0.4, 0.5) is 0 Å². The lowest BCUT2D eigenvalue weighted by Gasteiger charge is -2.34. The highest BCUT2D eigenvalue weighted by molar-refractivity contribution is 5.84. The Hall–Kier alpha value is -1.92. The first-order chi connectivity index (χ1) is 10.7. The van der Waals surface area contributed by atoms with Crippen LogP contribution in [0.25, 0.3) is 0 Å². The predicted molar refractivity (Wildman–Crippen MR) is 77.4 cm³/mol. The topological polar surface area (TPSA) is 76.1 Å². The van der Waals surface area contributed by atoms with Crippen molar-refractivity contribution in [2.24, 2.45) is 0 Å². The van der Waals surface area contributed by atoms with Gasteiger partial charge in [0.1, 0.15) is 0 Å². The number of fused-ring (bicyclic) bond motifs is 1. The molecule has 0 aromatic heterocycles. The Bertz CT molecular complexity index is 573. The summed E-state index contributed by atoms with van der Waals surface area (Å²) in [6, 6.07) is 7.02. The zero-order valence-corrected chi connectivity index (χ0v) is 12.2. The molecule has 1 N–H and O–H groups in total. The van der Waals surface area contributed by atoms with Gasteiger partial charge in [-0.2, -0.15) is 0 Å². The lowest BCUT2D eigenvalue weighted by atomic mass is 9.95. The first-order valence-electron chi connectivity index (χ1n) is 7.46. The van der Waals surface area contributed by atoms with Gasteiger partial charge >= 0.3 is 5.97 Å². The SMILES string of the molecule is O=C(O)[C@@H]1COCCN1C(=O)C[C@@H]1OCCc2ccccc21. The van der Waals surface area contributed by atoms with Crippen LogP contribution >= 0.6 is 0 Å². The van der Waals surface area contributed by atoms with Crippen LogP contribution in [0.1, 0.15) is 23.7 Å². The number of nitrogens with zero attached hydrogens (tertiary/aromatic N) is 1. The zero-order chi connectivity index (χ0) is 15.5. The van der Waals surface area contributed by atoms with Crippen LogP contribution in [0.2, 0.25) is 0 Å². The van der Waals surface area contributed by atoms with Crippen molar-refractivity contribution in [1.82, 2.24) is 4.90 Å². The monoisotopic (exact) mass is 305 g/mol. The number of amides is 1. The molecule has 22 heavy (non-hydrogen) atoms. The Kier molecular flexibility index (Phi) is 4.40. The number of hydrogen-bond donors (Lipinski definition) is 1. The summed E-state index contributed by atoms with van der Waals surface area (Å²) in [5.41, 5.74) is 2.23. The molecule has 1 fully saturated rings. The molecule has 3 rings (SSSR count). The molecule has 1 saturated heterocycles. The van der Waals surface area contributed by atoms with E-state index >= 15 is 0 Å². The number of carbonyl (C=O) groups is 2. The molecule has 118 valence electrons. The first kappa shape index (κ1) is 15.0. The van der Waals surface area contributed by atoms with E-state index in [1.54, 1.807) is 0 Å². The summed E-state index contributed by atoms with van der Waals surface area (Å²) in [6.45, 7) is 1.31. The Balaban J connectivity index is 1.73. The highest BCUT2D eigenvalue weighted by Gasteiger charge is 2.34. The molecule has 6 nitrogen and oxygen atoms in total. The fourth-order valence-electron chi connectivity index (χ4n) is 3.03. The fourth-order valence-corrected chi connectivity index (χ4v) is 3.03.